The molecule has 16 nitrogen and oxygen atoms in total. The molecule has 0 radical (unpaired) electrons. The molecule has 8 aromatic rings. The minimum atomic E-state index is -1.98. The van der Waals surface area contributed by atoms with E-state index in [1.165, 1.54) is 0 Å². The summed E-state index contributed by atoms with van der Waals surface area (Å²) in [5.74, 6) is 0.636. The predicted molar refractivity (Wildman–Crippen MR) is 190 cm³/mol. The fraction of sp³-hybridized carbons (Fsp3) is 0.135. The van der Waals surface area contributed by atoms with Crippen LogP contribution in [0.25, 0.3) is 45.6 Å². The molecule has 0 amide bonds. The first kappa shape index (κ1) is 32.8. The van der Waals surface area contributed by atoms with E-state index in [0.717, 1.165) is 22.3 Å². The largest absolute Gasteiger partial charge is 0.223 e. The van der Waals surface area contributed by atoms with Gasteiger partial charge in [0.25, 0.3) is 0 Å². The highest BCUT2D eigenvalue weighted by Crippen LogP contribution is 2.37. The van der Waals surface area contributed by atoms with Crippen LogP contribution in [0.4, 0.5) is 0 Å². The summed E-state index contributed by atoms with van der Waals surface area (Å²) in [4.78, 5) is 0. The Kier molecular flexibility index (Phi) is 8.51. The Hall–Kier alpha value is -7.36. The second-order valence-corrected chi connectivity index (χ2v) is 12.4. The van der Waals surface area contributed by atoms with E-state index in [1.807, 2.05) is 125 Å². The van der Waals surface area contributed by atoms with Gasteiger partial charge in [-0.2, -0.15) is 0 Å². The van der Waals surface area contributed by atoms with Gasteiger partial charge in [-0.1, -0.05) is 119 Å². The van der Waals surface area contributed by atoms with Crippen molar-refractivity contribution in [1.29, 1.82) is 0 Å². The molecule has 0 atom stereocenters. The zero-order chi connectivity index (χ0) is 36.4. The average Bonchev–Trinajstić information content (AvgIpc) is 3.20. The van der Waals surface area contributed by atoms with Crippen LogP contribution < -0.4 is 0 Å². The highest BCUT2D eigenvalue weighted by Gasteiger charge is 2.53. The number of aromatic nitrogens is 16. The standard InChI is InChI=1S/C37H28N16/c1-21-5-13-25(14-6-21)29-38-46-33(47-39-29)37(34-48-40-30(41-49-34)26-15-7-22(2)8-16-26,35-50-42-31(43-51-35)27-17-9-23(3)10-18-27)36-52-44-32(45-53-36)28-19-11-24(4)12-20-28/h5-20H,1-4H3. The summed E-state index contributed by atoms with van der Waals surface area (Å²) in [7, 11) is 0. The van der Waals surface area contributed by atoms with Crippen LogP contribution in [0.2, 0.25) is 0 Å². The van der Waals surface area contributed by atoms with Gasteiger partial charge in [-0.3, -0.25) is 0 Å². The number of hydrogen-bond acceptors (Lipinski definition) is 16. The van der Waals surface area contributed by atoms with E-state index in [4.69, 9.17) is 0 Å². The van der Waals surface area contributed by atoms with Crippen molar-refractivity contribution in [3.05, 3.63) is 143 Å². The fourth-order valence-corrected chi connectivity index (χ4v) is 5.39. The number of benzene rings is 4. The molecule has 4 aromatic heterocycles. The van der Waals surface area contributed by atoms with Crippen molar-refractivity contribution >= 4 is 0 Å². The van der Waals surface area contributed by atoms with Gasteiger partial charge in [0.05, 0.1) is 0 Å². The van der Waals surface area contributed by atoms with E-state index in [-0.39, 0.29) is 46.6 Å². The molecule has 4 heterocycles. The molecule has 0 spiro atoms. The van der Waals surface area contributed by atoms with E-state index in [2.05, 4.69) is 81.6 Å². The molecular formula is C37H28N16. The number of hydrogen-bond donors (Lipinski definition) is 0. The fourth-order valence-electron chi connectivity index (χ4n) is 5.39. The van der Waals surface area contributed by atoms with Crippen molar-refractivity contribution in [2.75, 3.05) is 0 Å². The lowest BCUT2D eigenvalue weighted by Crippen LogP contribution is -2.41. The summed E-state index contributed by atoms with van der Waals surface area (Å²) in [5.41, 5.74) is 5.16. The third-order valence-electron chi connectivity index (χ3n) is 8.50. The van der Waals surface area contributed by atoms with Gasteiger partial charge in [0, 0.05) is 22.3 Å². The van der Waals surface area contributed by atoms with Gasteiger partial charge in [0.15, 0.2) is 0 Å². The average molecular weight is 697 g/mol. The predicted octanol–water partition coefficient (Wildman–Crippen LogP) is 4.29. The van der Waals surface area contributed by atoms with Gasteiger partial charge in [-0.05, 0) is 27.7 Å². The summed E-state index contributed by atoms with van der Waals surface area (Å²) in [6.07, 6.45) is 0. The van der Waals surface area contributed by atoms with Crippen molar-refractivity contribution < 1.29 is 0 Å². The van der Waals surface area contributed by atoms with E-state index >= 15 is 0 Å². The Balaban J connectivity index is 1.33. The summed E-state index contributed by atoms with van der Waals surface area (Å²) in [6.45, 7) is 7.96. The van der Waals surface area contributed by atoms with E-state index < -0.39 is 5.41 Å². The Morgan fingerprint density at radius 1 is 0.245 bits per heavy atom. The first-order valence-electron chi connectivity index (χ1n) is 16.5. The van der Waals surface area contributed by atoms with Crippen LogP contribution in [0, 0.1) is 27.7 Å². The Morgan fingerprint density at radius 3 is 0.585 bits per heavy atom. The first-order chi connectivity index (χ1) is 25.9. The molecular weight excluding hydrogens is 669 g/mol. The molecule has 53 heavy (non-hydrogen) atoms. The molecule has 16 heteroatoms. The quantitative estimate of drug-likeness (QED) is 0.217. The van der Waals surface area contributed by atoms with Crippen LogP contribution >= 0.6 is 0 Å². The van der Waals surface area contributed by atoms with Gasteiger partial charge in [-0.25, -0.2) is 0 Å². The van der Waals surface area contributed by atoms with Crippen molar-refractivity contribution in [2.24, 2.45) is 0 Å². The molecule has 0 unspecified atom stereocenters. The first-order valence-corrected chi connectivity index (χ1v) is 16.5. The second kappa shape index (κ2) is 13.7. The summed E-state index contributed by atoms with van der Waals surface area (Å²) in [5, 5.41) is 71.6. The lowest BCUT2D eigenvalue weighted by molar-refractivity contribution is 0.486. The van der Waals surface area contributed by atoms with Crippen LogP contribution in [0.3, 0.4) is 0 Å². The Morgan fingerprint density at radius 2 is 0.415 bits per heavy atom. The monoisotopic (exact) mass is 696 g/mol. The molecule has 0 fully saturated rings. The lowest BCUT2D eigenvalue weighted by Gasteiger charge is -2.24. The third-order valence-corrected chi connectivity index (χ3v) is 8.50. The van der Waals surface area contributed by atoms with E-state index in [0.29, 0.717) is 22.3 Å². The molecule has 0 aliphatic heterocycles. The highest BCUT2D eigenvalue weighted by atomic mass is 15.4. The van der Waals surface area contributed by atoms with Crippen LogP contribution in [0.15, 0.2) is 97.1 Å². The van der Waals surface area contributed by atoms with Crippen LogP contribution in [-0.4, -0.2) is 81.6 Å². The third kappa shape index (κ3) is 6.40. The van der Waals surface area contributed by atoms with Gasteiger partial charge in [-0.15, -0.1) is 81.6 Å². The van der Waals surface area contributed by atoms with Crippen molar-refractivity contribution in [2.45, 2.75) is 33.1 Å². The maximum absolute atomic E-state index is 4.52. The van der Waals surface area contributed by atoms with Gasteiger partial charge < -0.3 is 0 Å². The number of aryl methyl sites for hydroxylation is 4. The lowest BCUT2D eigenvalue weighted by atomic mass is 9.84. The molecule has 0 aliphatic rings. The number of rotatable bonds is 8. The molecule has 0 saturated carbocycles. The topological polar surface area (TPSA) is 206 Å². The normalized spacial score (nSPS) is 11.4. The maximum atomic E-state index is 4.52. The zero-order valence-corrected chi connectivity index (χ0v) is 28.9. The van der Waals surface area contributed by atoms with Crippen LogP contribution in [-0.2, 0) is 5.41 Å². The van der Waals surface area contributed by atoms with Gasteiger partial charge in [0.2, 0.25) is 52.0 Å². The number of nitrogens with zero attached hydrogens (tertiary/aromatic N) is 16. The maximum Gasteiger partial charge on any atom is 0.223 e. The minimum Gasteiger partial charge on any atom is -0.129 e. The summed E-state index contributed by atoms with van der Waals surface area (Å²) < 4.78 is 0. The molecule has 0 aliphatic carbocycles. The Bertz CT molecular complexity index is 2110. The minimum absolute atomic E-state index is 0.113. The molecule has 4 aromatic carbocycles. The van der Waals surface area contributed by atoms with Crippen molar-refractivity contribution in [3.8, 4) is 45.6 Å². The highest BCUT2D eigenvalue weighted by molar-refractivity contribution is 5.57. The molecule has 256 valence electrons. The molecule has 8 rings (SSSR count). The smallest absolute Gasteiger partial charge is 0.129 e. The van der Waals surface area contributed by atoms with Crippen molar-refractivity contribution in [1.82, 2.24) is 81.6 Å². The Labute approximate surface area is 302 Å². The SMILES string of the molecule is Cc1ccc(-c2nnc(C(c3nnc(-c4ccc(C)cc4)nn3)(c3nnc(-c4ccc(C)cc4)nn3)c3nnc(-c4ccc(C)cc4)nn3)nn2)cc1. The molecule has 0 N–H and O–H groups in total. The molecule has 0 bridgehead atoms. The zero-order valence-electron chi connectivity index (χ0n) is 28.9. The van der Waals surface area contributed by atoms with Gasteiger partial charge in [0.1, 0.15) is 0 Å². The van der Waals surface area contributed by atoms with Crippen LogP contribution in [0.1, 0.15) is 45.6 Å². The van der Waals surface area contributed by atoms with E-state index in [1.54, 1.807) is 0 Å². The molecule has 0 saturated heterocycles. The van der Waals surface area contributed by atoms with E-state index in [9.17, 15) is 0 Å². The van der Waals surface area contributed by atoms with Gasteiger partial charge >= 0.3 is 0 Å². The van der Waals surface area contributed by atoms with Crippen LogP contribution in [0.5, 0.6) is 0 Å². The summed E-state index contributed by atoms with van der Waals surface area (Å²) in [6, 6.07) is 30.6. The summed E-state index contributed by atoms with van der Waals surface area (Å²) >= 11 is 0. The van der Waals surface area contributed by atoms with Crippen molar-refractivity contribution in [3.63, 3.8) is 0 Å². The second-order valence-electron chi connectivity index (χ2n) is 12.4.